The van der Waals surface area contributed by atoms with Gasteiger partial charge >= 0.3 is 0 Å². The lowest BCUT2D eigenvalue weighted by Crippen LogP contribution is -2.42. The first-order chi connectivity index (χ1) is 15.4. The van der Waals surface area contributed by atoms with E-state index >= 15 is 0 Å². The fourth-order valence-corrected chi connectivity index (χ4v) is 4.08. The molecule has 7 nitrogen and oxygen atoms in total. The molecule has 3 aromatic rings. The molecule has 1 aliphatic heterocycles. The Labute approximate surface area is 185 Å². The monoisotopic (exact) mass is 437 g/mol. The number of halogens is 1. The number of benzene rings is 2. The highest BCUT2D eigenvalue weighted by Gasteiger charge is 2.29. The lowest BCUT2D eigenvalue weighted by molar-refractivity contribution is -0.134. The van der Waals surface area contributed by atoms with Crippen molar-refractivity contribution in [3.63, 3.8) is 0 Å². The average Bonchev–Trinajstić information content (AvgIpc) is 2.80. The first kappa shape index (κ1) is 21.5. The Morgan fingerprint density at radius 1 is 1.12 bits per heavy atom. The van der Waals surface area contributed by atoms with Crippen LogP contribution in [-0.2, 0) is 17.8 Å². The highest BCUT2D eigenvalue weighted by molar-refractivity contribution is 5.77. The topological polar surface area (TPSA) is 73.7 Å². The molecular formula is C24H24FN3O4. The lowest BCUT2D eigenvalue weighted by Gasteiger charge is -2.35. The molecule has 4 rings (SSSR count). The van der Waals surface area contributed by atoms with E-state index in [0.717, 1.165) is 15.8 Å². The first-order valence-electron chi connectivity index (χ1n) is 10.3. The summed E-state index contributed by atoms with van der Waals surface area (Å²) in [6.45, 7) is 2.21. The quantitative estimate of drug-likeness (QED) is 0.613. The third-order valence-corrected chi connectivity index (χ3v) is 5.81. The van der Waals surface area contributed by atoms with Gasteiger partial charge in [-0.25, -0.2) is 9.07 Å². The number of ether oxygens (including phenoxy) is 2. The Balaban J connectivity index is 1.59. The van der Waals surface area contributed by atoms with Crippen molar-refractivity contribution in [2.24, 2.45) is 0 Å². The lowest BCUT2D eigenvalue weighted by atomic mass is 9.92. The third kappa shape index (κ3) is 3.95. The van der Waals surface area contributed by atoms with Crippen LogP contribution in [0.1, 0.15) is 24.1 Å². The maximum atomic E-state index is 14.1. The number of carbonyl (C=O) groups excluding carboxylic acids is 1. The zero-order valence-corrected chi connectivity index (χ0v) is 18.2. The molecule has 1 aliphatic rings. The van der Waals surface area contributed by atoms with Crippen LogP contribution in [0.15, 0.2) is 53.3 Å². The van der Waals surface area contributed by atoms with Crippen LogP contribution in [0, 0.1) is 5.82 Å². The summed E-state index contributed by atoms with van der Waals surface area (Å²) in [7, 11) is 3.16. The van der Waals surface area contributed by atoms with Gasteiger partial charge in [0.25, 0.3) is 5.56 Å². The Hall–Kier alpha value is -3.68. The van der Waals surface area contributed by atoms with Crippen LogP contribution in [0.3, 0.4) is 0 Å². The van der Waals surface area contributed by atoms with Gasteiger partial charge in [0.05, 0.1) is 26.0 Å². The summed E-state index contributed by atoms with van der Waals surface area (Å²) in [5, 5.41) is 4.24. The Morgan fingerprint density at radius 2 is 1.84 bits per heavy atom. The van der Waals surface area contributed by atoms with Crippen molar-refractivity contribution in [1.29, 1.82) is 0 Å². The molecule has 2 heterocycles. The second-order valence-corrected chi connectivity index (χ2v) is 7.61. The summed E-state index contributed by atoms with van der Waals surface area (Å²) >= 11 is 0. The van der Waals surface area contributed by atoms with Crippen LogP contribution in [0.25, 0.3) is 11.3 Å². The van der Waals surface area contributed by atoms with E-state index in [2.05, 4.69) is 5.10 Å². The molecule has 1 amide bonds. The van der Waals surface area contributed by atoms with E-state index in [-0.39, 0.29) is 24.1 Å². The molecule has 32 heavy (non-hydrogen) atoms. The molecule has 0 unspecified atom stereocenters. The minimum atomic E-state index is -0.442. The molecule has 0 aliphatic carbocycles. The van der Waals surface area contributed by atoms with Crippen molar-refractivity contribution in [3.05, 3.63) is 75.8 Å². The summed E-state index contributed by atoms with van der Waals surface area (Å²) in [5.41, 5.74) is 2.22. The number of amides is 1. The van der Waals surface area contributed by atoms with Crippen molar-refractivity contribution in [2.75, 3.05) is 20.8 Å². The second kappa shape index (κ2) is 8.82. The molecule has 0 fully saturated rings. The summed E-state index contributed by atoms with van der Waals surface area (Å²) in [6.07, 6.45) is 0.656. The van der Waals surface area contributed by atoms with E-state index in [4.69, 9.17) is 9.47 Å². The number of rotatable bonds is 5. The molecule has 0 radical (unpaired) electrons. The van der Waals surface area contributed by atoms with Gasteiger partial charge in [-0.1, -0.05) is 12.1 Å². The maximum absolute atomic E-state index is 14.1. The fraction of sp³-hybridized carbons (Fsp3) is 0.292. The van der Waals surface area contributed by atoms with Crippen molar-refractivity contribution in [2.45, 2.75) is 25.9 Å². The Morgan fingerprint density at radius 3 is 2.56 bits per heavy atom. The van der Waals surface area contributed by atoms with Gasteiger partial charge in [-0.05, 0) is 54.8 Å². The molecule has 0 saturated heterocycles. The van der Waals surface area contributed by atoms with Gasteiger partial charge in [0.15, 0.2) is 11.5 Å². The molecule has 8 heteroatoms. The van der Waals surface area contributed by atoms with Gasteiger partial charge in [-0.2, -0.15) is 5.10 Å². The van der Waals surface area contributed by atoms with Gasteiger partial charge in [-0.15, -0.1) is 0 Å². The van der Waals surface area contributed by atoms with Gasteiger partial charge in [-0.3, -0.25) is 9.59 Å². The number of hydrogen-bond donors (Lipinski definition) is 0. The molecule has 0 bridgehead atoms. The Kier molecular flexibility index (Phi) is 5.94. The van der Waals surface area contributed by atoms with Crippen LogP contribution in [0.5, 0.6) is 11.5 Å². The molecular weight excluding hydrogens is 413 g/mol. The molecule has 2 aromatic carbocycles. The Bertz CT molecular complexity index is 1220. The number of fused-ring (bicyclic) bond motifs is 1. The van der Waals surface area contributed by atoms with Gasteiger partial charge in [0, 0.05) is 18.2 Å². The molecule has 0 spiro atoms. The van der Waals surface area contributed by atoms with Crippen molar-refractivity contribution >= 4 is 5.91 Å². The second-order valence-electron chi connectivity index (χ2n) is 7.61. The van der Waals surface area contributed by atoms with Gasteiger partial charge in [0.1, 0.15) is 12.4 Å². The predicted octanol–water partition coefficient (Wildman–Crippen LogP) is 3.21. The number of aromatic nitrogens is 2. The summed E-state index contributed by atoms with van der Waals surface area (Å²) in [5.74, 6) is 0.571. The van der Waals surface area contributed by atoms with Crippen molar-refractivity contribution < 1.29 is 18.7 Å². The van der Waals surface area contributed by atoms with Crippen LogP contribution in [0.4, 0.5) is 4.39 Å². The maximum Gasteiger partial charge on any atom is 0.267 e. The summed E-state index contributed by atoms with van der Waals surface area (Å²) in [4.78, 5) is 27.2. The first-order valence-corrected chi connectivity index (χ1v) is 10.3. The van der Waals surface area contributed by atoms with Crippen LogP contribution in [0.2, 0.25) is 0 Å². The zero-order valence-electron chi connectivity index (χ0n) is 18.2. The molecule has 0 saturated carbocycles. The predicted molar refractivity (Wildman–Crippen MR) is 117 cm³/mol. The van der Waals surface area contributed by atoms with Crippen molar-refractivity contribution in [1.82, 2.24) is 14.7 Å². The smallest absolute Gasteiger partial charge is 0.267 e. The van der Waals surface area contributed by atoms with E-state index in [1.54, 1.807) is 37.3 Å². The number of carbonyl (C=O) groups is 1. The molecule has 1 aromatic heterocycles. The minimum absolute atomic E-state index is 0.212. The van der Waals surface area contributed by atoms with Crippen LogP contribution < -0.4 is 15.0 Å². The molecule has 166 valence electrons. The van der Waals surface area contributed by atoms with E-state index in [0.29, 0.717) is 30.2 Å². The molecule has 1 atom stereocenters. The number of nitrogens with zero attached hydrogens (tertiary/aromatic N) is 3. The van der Waals surface area contributed by atoms with Crippen LogP contribution in [-0.4, -0.2) is 41.4 Å². The van der Waals surface area contributed by atoms with Gasteiger partial charge in [0.2, 0.25) is 5.91 Å². The van der Waals surface area contributed by atoms with Crippen molar-refractivity contribution in [3.8, 4) is 22.8 Å². The highest BCUT2D eigenvalue weighted by Crippen LogP contribution is 2.37. The van der Waals surface area contributed by atoms with E-state index in [1.807, 2.05) is 19.1 Å². The normalized spacial score (nSPS) is 15.2. The summed E-state index contributed by atoms with van der Waals surface area (Å²) in [6, 6.07) is 12.6. The SMILES string of the molecule is COc1cc2c(cc1OC)[C@@H](C)N(C(=O)Cn1nc(-c3ccccc3F)ccc1=O)CC2. The van der Waals surface area contributed by atoms with E-state index in [9.17, 15) is 14.0 Å². The number of hydrogen-bond acceptors (Lipinski definition) is 5. The third-order valence-electron chi connectivity index (χ3n) is 5.81. The van der Waals surface area contributed by atoms with E-state index in [1.165, 1.54) is 18.2 Å². The highest BCUT2D eigenvalue weighted by atomic mass is 19.1. The van der Waals surface area contributed by atoms with Crippen LogP contribution >= 0.6 is 0 Å². The zero-order chi connectivity index (χ0) is 22.8. The van der Waals surface area contributed by atoms with Gasteiger partial charge < -0.3 is 14.4 Å². The van der Waals surface area contributed by atoms with E-state index < -0.39 is 11.4 Å². The number of methoxy groups -OCH3 is 2. The average molecular weight is 437 g/mol. The fourth-order valence-electron chi connectivity index (χ4n) is 4.08. The minimum Gasteiger partial charge on any atom is -0.493 e. The summed E-state index contributed by atoms with van der Waals surface area (Å²) < 4.78 is 26.0. The largest absolute Gasteiger partial charge is 0.493 e. The molecule has 0 N–H and O–H groups in total. The standard InChI is InChI=1S/C24H24FN3O4/c1-15-18-13-22(32-3)21(31-2)12-16(18)10-11-27(15)24(30)14-28-23(29)9-8-20(26-28)17-6-4-5-7-19(17)25/h4-9,12-13,15H,10-11,14H2,1-3H3/t15-/m1/s1.